The van der Waals surface area contributed by atoms with E-state index in [-0.39, 0.29) is 23.4 Å². The first kappa shape index (κ1) is 18.0. The summed E-state index contributed by atoms with van der Waals surface area (Å²) in [7, 11) is 0. The second-order valence-corrected chi connectivity index (χ2v) is 6.57. The van der Waals surface area contributed by atoms with E-state index < -0.39 is 27.9 Å². The molecule has 0 unspecified atom stereocenters. The highest BCUT2D eigenvalue weighted by molar-refractivity contribution is 5.94. The predicted molar refractivity (Wildman–Crippen MR) is 91.9 cm³/mol. The van der Waals surface area contributed by atoms with Crippen LogP contribution in [0.4, 0.5) is 14.5 Å². The normalized spacial score (nSPS) is 15.6. The lowest BCUT2D eigenvalue weighted by molar-refractivity contribution is -0.384. The van der Waals surface area contributed by atoms with E-state index in [2.05, 4.69) is 5.32 Å². The van der Waals surface area contributed by atoms with Gasteiger partial charge in [0.2, 0.25) is 0 Å². The molecule has 136 valence electrons. The van der Waals surface area contributed by atoms with E-state index in [9.17, 15) is 23.7 Å². The molecule has 0 spiro atoms. The van der Waals surface area contributed by atoms with E-state index in [0.717, 1.165) is 12.8 Å². The van der Waals surface area contributed by atoms with Crippen molar-refractivity contribution < 1.29 is 18.5 Å². The zero-order chi connectivity index (χ0) is 18.7. The summed E-state index contributed by atoms with van der Waals surface area (Å²) >= 11 is 0. The Morgan fingerprint density at radius 1 is 1.12 bits per heavy atom. The van der Waals surface area contributed by atoms with Gasteiger partial charge in [0, 0.05) is 35.2 Å². The molecule has 1 saturated carbocycles. The minimum atomic E-state index is -0.800. The number of halogens is 2. The van der Waals surface area contributed by atoms with Crippen molar-refractivity contribution in [2.24, 2.45) is 0 Å². The maximum absolute atomic E-state index is 14.3. The molecule has 3 rings (SSSR count). The average molecular weight is 360 g/mol. The Hall–Kier alpha value is -2.83. The monoisotopic (exact) mass is 360 g/mol. The Morgan fingerprint density at radius 2 is 1.73 bits per heavy atom. The van der Waals surface area contributed by atoms with Gasteiger partial charge < -0.3 is 5.32 Å². The topological polar surface area (TPSA) is 72.2 Å². The third-order valence-corrected chi connectivity index (χ3v) is 4.96. The van der Waals surface area contributed by atoms with Gasteiger partial charge in [0.05, 0.1) is 4.92 Å². The summed E-state index contributed by atoms with van der Waals surface area (Å²) in [5, 5.41) is 13.6. The van der Waals surface area contributed by atoms with Crippen LogP contribution in [0.3, 0.4) is 0 Å². The molecule has 0 radical (unpaired) electrons. The van der Waals surface area contributed by atoms with Gasteiger partial charge in [-0.3, -0.25) is 14.9 Å². The molecule has 0 heterocycles. The van der Waals surface area contributed by atoms with Crippen LogP contribution in [-0.4, -0.2) is 17.4 Å². The quantitative estimate of drug-likeness (QED) is 0.644. The molecule has 0 saturated heterocycles. The van der Waals surface area contributed by atoms with Gasteiger partial charge in [-0.15, -0.1) is 0 Å². The number of carbonyl (C=O) groups is 1. The zero-order valence-corrected chi connectivity index (χ0v) is 14.0. The summed E-state index contributed by atoms with van der Waals surface area (Å²) in [5.74, 6) is -1.73. The zero-order valence-electron chi connectivity index (χ0n) is 14.0. The molecule has 1 aliphatic rings. The first-order chi connectivity index (χ1) is 12.4. The Labute approximate surface area is 149 Å². The number of nitrogens with zero attached hydrogens (tertiary/aromatic N) is 1. The minimum absolute atomic E-state index is 0.0110. The summed E-state index contributed by atoms with van der Waals surface area (Å²) in [5.41, 5.74) is -0.835. The Kier molecular flexibility index (Phi) is 4.97. The van der Waals surface area contributed by atoms with Crippen LogP contribution in [0.5, 0.6) is 0 Å². The number of benzene rings is 2. The summed E-state index contributed by atoms with van der Waals surface area (Å²) in [6.07, 6.45) is 2.78. The van der Waals surface area contributed by atoms with Crippen LogP contribution in [0.25, 0.3) is 0 Å². The molecule has 7 heteroatoms. The Balaban J connectivity index is 1.83. The standard InChI is InChI=1S/C19H18F2N2O3/c20-15-7-4-8-16(21)17(15)19(9-1-2-10-19)12-22-18(24)13-5-3-6-14(11-13)23(25)26/h3-8,11H,1-2,9-10,12H2,(H,22,24). The number of rotatable bonds is 5. The van der Waals surface area contributed by atoms with Crippen molar-refractivity contribution in [3.63, 3.8) is 0 Å². The van der Waals surface area contributed by atoms with Crippen molar-refractivity contribution in [2.45, 2.75) is 31.1 Å². The van der Waals surface area contributed by atoms with E-state index >= 15 is 0 Å². The Morgan fingerprint density at radius 3 is 2.35 bits per heavy atom. The van der Waals surface area contributed by atoms with E-state index in [1.165, 1.54) is 42.5 Å². The molecule has 1 fully saturated rings. The Bertz CT molecular complexity index is 828. The number of nitro groups is 1. The van der Waals surface area contributed by atoms with Crippen molar-refractivity contribution in [1.82, 2.24) is 5.32 Å². The molecule has 0 aliphatic heterocycles. The maximum atomic E-state index is 14.3. The lowest BCUT2D eigenvalue weighted by Crippen LogP contribution is -2.40. The van der Waals surface area contributed by atoms with Crippen LogP contribution < -0.4 is 5.32 Å². The SMILES string of the molecule is O=C(NCC1(c2c(F)cccc2F)CCCC1)c1cccc([N+](=O)[O-])c1. The van der Waals surface area contributed by atoms with Gasteiger partial charge in [-0.05, 0) is 31.0 Å². The van der Waals surface area contributed by atoms with Gasteiger partial charge in [0.25, 0.3) is 11.6 Å². The predicted octanol–water partition coefficient (Wildman–Crippen LogP) is 4.11. The van der Waals surface area contributed by atoms with Gasteiger partial charge in [0.15, 0.2) is 0 Å². The second-order valence-electron chi connectivity index (χ2n) is 6.57. The smallest absolute Gasteiger partial charge is 0.270 e. The number of nitro benzene ring substituents is 1. The maximum Gasteiger partial charge on any atom is 0.270 e. The van der Waals surface area contributed by atoms with Crippen LogP contribution in [0.15, 0.2) is 42.5 Å². The minimum Gasteiger partial charge on any atom is -0.351 e. The van der Waals surface area contributed by atoms with Gasteiger partial charge in [0.1, 0.15) is 11.6 Å². The molecule has 1 N–H and O–H groups in total. The van der Waals surface area contributed by atoms with E-state index in [1.54, 1.807) is 0 Å². The summed E-state index contributed by atoms with van der Waals surface area (Å²) < 4.78 is 28.6. The lowest BCUT2D eigenvalue weighted by Gasteiger charge is -2.30. The van der Waals surface area contributed by atoms with Crippen LogP contribution in [0, 0.1) is 21.7 Å². The fraction of sp³-hybridized carbons (Fsp3) is 0.316. The van der Waals surface area contributed by atoms with Crippen LogP contribution in [0.2, 0.25) is 0 Å². The number of nitrogens with one attached hydrogen (secondary N) is 1. The van der Waals surface area contributed by atoms with Crippen molar-refractivity contribution in [3.05, 3.63) is 75.3 Å². The average Bonchev–Trinajstić information content (AvgIpc) is 3.09. The van der Waals surface area contributed by atoms with Gasteiger partial charge in [-0.2, -0.15) is 0 Å². The fourth-order valence-corrected chi connectivity index (χ4v) is 3.68. The van der Waals surface area contributed by atoms with Gasteiger partial charge in [-0.1, -0.05) is 25.0 Å². The molecule has 2 aromatic carbocycles. The van der Waals surface area contributed by atoms with Crippen molar-refractivity contribution >= 4 is 11.6 Å². The first-order valence-corrected chi connectivity index (χ1v) is 8.40. The summed E-state index contributed by atoms with van der Waals surface area (Å²) in [6.45, 7) is 0.0758. The van der Waals surface area contributed by atoms with Gasteiger partial charge >= 0.3 is 0 Å². The summed E-state index contributed by atoms with van der Waals surface area (Å²) in [4.78, 5) is 22.7. The van der Waals surface area contributed by atoms with Crippen LogP contribution in [-0.2, 0) is 5.41 Å². The second kappa shape index (κ2) is 7.19. The molecule has 1 amide bonds. The highest BCUT2D eigenvalue weighted by atomic mass is 19.1. The summed E-state index contributed by atoms with van der Waals surface area (Å²) in [6, 6.07) is 9.13. The number of amides is 1. The molecule has 2 aromatic rings. The van der Waals surface area contributed by atoms with Crippen LogP contribution >= 0.6 is 0 Å². The van der Waals surface area contributed by atoms with Crippen molar-refractivity contribution in [3.8, 4) is 0 Å². The molecule has 5 nitrogen and oxygen atoms in total. The van der Waals surface area contributed by atoms with E-state index in [4.69, 9.17) is 0 Å². The first-order valence-electron chi connectivity index (χ1n) is 8.40. The molecular formula is C19H18F2N2O3. The highest BCUT2D eigenvalue weighted by Gasteiger charge is 2.40. The third-order valence-electron chi connectivity index (χ3n) is 4.96. The molecule has 0 aromatic heterocycles. The molecule has 0 atom stereocenters. The third kappa shape index (κ3) is 3.42. The lowest BCUT2D eigenvalue weighted by atomic mass is 9.78. The number of carbonyl (C=O) groups excluding carboxylic acids is 1. The van der Waals surface area contributed by atoms with Gasteiger partial charge in [-0.25, -0.2) is 8.78 Å². The van der Waals surface area contributed by atoms with Crippen molar-refractivity contribution in [1.29, 1.82) is 0 Å². The molecule has 0 bridgehead atoms. The number of hydrogen-bond donors (Lipinski definition) is 1. The molecule has 1 aliphatic carbocycles. The highest BCUT2D eigenvalue weighted by Crippen LogP contribution is 2.42. The van der Waals surface area contributed by atoms with Crippen molar-refractivity contribution in [2.75, 3.05) is 6.54 Å². The largest absolute Gasteiger partial charge is 0.351 e. The molecule has 26 heavy (non-hydrogen) atoms. The van der Waals surface area contributed by atoms with E-state index in [0.29, 0.717) is 12.8 Å². The number of non-ortho nitro benzene ring substituents is 1. The number of hydrogen-bond acceptors (Lipinski definition) is 3. The van der Waals surface area contributed by atoms with Crippen LogP contribution in [0.1, 0.15) is 41.6 Å². The fourth-order valence-electron chi connectivity index (χ4n) is 3.68. The van der Waals surface area contributed by atoms with E-state index in [1.807, 2.05) is 0 Å². The molecular weight excluding hydrogens is 342 g/mol.